The van der Waals surface area contributed by atoms with Crippen LogP contribution in [0.15, 0.2) is 72.9 Å². The largest absolute Gasteiger partial charge is 0.374 e. The Morgan fingerprint density at radius 1 is 1.02 bits per heavy atom. The molecular weight excluding hydrogens is 521 g/mol. The van der Waals surface area contributed by atoms with Crippen LogP contribution in [0.2, 0.25) is 0 Å². The van der Waals surface area contributed by atoms with E-state index in [1.807, 2.05) is 51.1 Å². The Morgan fingerprint density at radius 3 is 2.32 bits per heavy atom. The van der Waals surface area contributed by atoms with Gasteiger partial charge < -0.3 is 26.4 Å². The van der Waals surface area contributed by atoms with Crippen molar-refractivity contribution in [3.05, 3.63) is 95.6 Å². The first-order valence-electron chi connectivity index (χ1n) is 14.3. The lowest BCUT2D eigenvalue weighted by atomic mass is 9.91. The predicted molar refractivity (Wildman–Crippen MR) is 160 cm³/mol. The minimum Gasteiger partial charge on any atom is -0.374 e. The van der Waals surface area contributed by atoms with Crippen molar-refractivity contribution >= 4 is 17.5 Å². The number of nitrogens with one attached hydrogen (secondary N) is 2. The molecule has 3 rings (SSSR count). The molecule has 0 saturated carbocycles. The minimum absolute atomic E-state index is 0.197. The topological polar surface area (TPSA) is 121 Å². The van der Waals surface area contributed by atoms with Crippen molar-refractivity contribution in [2.75, 3.05) is 18.4 Å². The van der Waals surface area contributed by atoms with Crippen LogP contribution in [0.4, 0.5) is 10.1 Å². The highest BCUT2D eigenvalue weighted by Gasteiger charge is 2.26. The fourth-order valence-corrected chi connectivity index (χ4v) is 4.72. The maximum absolute atomic E-state index is 13.4. The average molecular weight is 564 g/mol. The number of halogens is 1. The third kappa shape index (κ3) is 9.65. The van der Waals surface area contributed by atoms with Crippen LogP contribution in [0.3, 0.4) is 0 Å². The van der Waals surface area contributed by atoms with Crippen LogP contribution in [0.5, 0.6) is 0 Å². The number of aromatic nitrogens is 1. The number of hydrogen-bond acceptors (Lipinski definition) is 6. The van der Waals surface area contributed by atoms with Gasteiger partial charge in [0.2, 0.25) is 0 Å². The van der Waals surface area contributed by atoms with Gasteiger partial charge in [-0.3, -0.25) is 14.6 Å². The first-order chi connectivity index (χ1) is 19.7. The maximum atomic E-state index is 13.4. The smallest absolute Gasteiger partial charge is 0.272 e. The number of nitrogens with zero attached hydrogens (tertiary/aromatic N) is 2. The highest BCUT2D eigenvalue weighted by atomic mass is 19.1. The van der Waals surface area contributed by atoms with E-state index < -0.39 is 18.3 Å². The summed E-state index contributed by atoms with van der Waals surface area (Å²) in [6.45, 7) is 7.14. The summed E-state index contributed by atoms with van der Waals surface area (Å²) in [5.41, 5.74) is 8.80. The summed E-state index contributed by atoms with van der Waals surface area (Å²) in [6.07, 6.45) is 3.09. The lowest BCUT2D eigenvalue weighted by molar-refractivity contribution is 0.0749. The summed E-state index contributed by atoms with van der Waals surface area (Å²) in [5.74, 6) is -1.19. The zero-order valence-corrected chi connectivity index (χ0v) is 24.1. The minimum atomic E-state index is -0.928. The molecule has 41 heavy (non-hydrogen) atoms. The molecule has 2 amide bonds. The van der Waals surface area contributed by atoms with Crippen LogP contribution < -0.4 is 16.4 Å². The van der Waals surface area contributed by atoms with E-state index in [-0.39, 0.29) is 29.2 Å². The molecule has 0 aliphatic rings. The Kier molecular flexibility index (Phi) is 12.2. The number of carbonyl (C=O) groups excluding carboxylic acids is 2. The monoisotopic (exact) mass is 563 g/mol. The average Bonchev–Trinajstić information content (AvgIpc) is 2.98. The van der Waals surface area contributed by atoms with E-state index in [9.17, 15) is 19.1 Å². The molecule has 0 aliphatic carbocycles. The molecule has 0 fully saturated rings. The maximum Gasteiger partial charge on any atom is 0.272 e. The first-order valence-corrected chi connectivity index (χ1v) is 14.3. The van der Waals surface area contributed by atoms with Crippen molar-refractivity contribution in [3.8, 4) is 0 Å². The molecule has 9 heteroatoms. The van der Waals surface area contributed by atoms with Gasteiger partial charge in [0.15, 0.2) is 0 Å². The number of carbonyl (C=O) groups is 2. The van der Waals surface area contributed by atoms with Gasteiger partial charge in [-0.25, -0.2) is 4.39 Å². The fraction of sp³-hybridized carbons (Fsp3) is 0.406. The third-order valence-corrected chi connectivity index (χ3v) is 6.99. The molecule has 0 saturated heterocycles. The molecule has 3 aromatic rings. The van der Waals surface area contributed by atoms with Crippen molar-refractivity contribution in [3.63, 3.8) is 0 Å². The van der Waals surface area contributed by atoms with Gasteiger partial charge in [-0.05, 0) is 67.6 Å². The summed E-state index contributed by atoms with van der Waals surface area (Å²) in [7, 11) is 0. The van der Waals surface area contributed by atoms with Gasteiger partial charge in [-0.2, -0.15) is 0 Å². The lowest BCUT2D eigenvalue weighted by Crippen LogP contribution is -2.50. The molecule has 1 unspecified atom stereocenters. The zero-order valence-electron chi connectivity index (χ0n) is 24.1. The normalized spacial score (nSPS) is 14.0. The number of benzene rings is 2. The molecule has 2 aromatic carbocycles. The zero-order chi connectivity index (χ0) is 29.8. The van der Waals surface area contributed by atoms with Crippen LogP contribution in [0.1, 0.15) is 66.4 Å². The predicted octanol–water partition coefficient (Wildman–Crippen LogP) is 4.61. The van der Waals surface area contributed by atoms with Crippen LogP contribution in [0, 0.1) is 11.7 Å². The van der Waals surface area contributed by atoms with Crippen LogP contribution in [-0.2, 0) is 6.42 Å². The van der Waals surface area contributed by atoms with E-state index in [4.69, 9.17) is 5.73 Å². The Hall–Kier alpha value is -3.82. The summed E-state index contributed by atoms with van der Waals surface area (Å²) in [6, 6.07) is 17.6. The van der Waals surface area contributed by atoms with E-state index in [2.05, 4.69) is 15.6 Å². The van der Waals surface area contributed by atoms with Crippen molar-refractivity contribution in [2.24, 2.45) is 11.7 Å². The molecule has 0 radical (unpaired) electrons. The number of pyridine rings is 1. The molecule has 5 N–H and O–H groups in total. The van der Waals surface area contributed by atoms with Crippen molar-refractivity contribution in [1.29, 1.82) is 0 Å². The first kappa shape index (κ1) is 31.7. The molecule has 0 bridgehead atoms. The number of anilines is 1. The summed E-state index contributed by atoms with van der Waals surface area (Å²) in [5, 5.41) is 16.8. The van der Waals surface area contributed by atoms with Gasteiger partial charge in [0.1, 0.15) is 17.7 Å². The van der Waals surface area contributed by atoms with Gasteiger partial charge in [0, 0.05) is 48.5 Å². The summed E-state index contributed by atoms with van der Waals surface area (Å²) in [4.78, 5) is 32.5. The second-order valence-electron chi connectivity index (χ2n) is 10.5. The van der Waals surface area contributed by atoms with Gasteiger partial charge >= 0.3 is 0 Å². The highest BCUT2D eigenvalue weighted by molar-refractivity contribution is 5.98. The molecule has 8 nitrogen and oxygen atoms in total. The van der Waals surface area contributed by atoms with Gasteiger partial charge in [-0.1, -0.05) is 51.1 Å². The molecule has 0 aliphatic heterocycles. The Labute approximate surface area is 242 Å². The highest BCUT2D eigenvalue weighted by Crippen LogP contribution is 2.18. The number of amides is 2. The molecule has 0 spiro atoms. The molecule has 4 atom stereocenters. The van der Waals surface area contributed by atoms with Crippen molar-refractivity contribution < 1.29 is 19.1 Å². The van der Waals surface area contributed by atoms with E-state index in [0.29, 0.717) is 37.2 Å². The van der Waals surface area contributed by atoms with Crippen LogP contribution >= 0.6 is 0 Å². The Bertz CT molecular complexity index is 1240. The fourth-order valence-electron chi connectivity index (χ4n) is 4.72. The van der Waals surface area contributed by atoms with E-state index in [1.165, 1.54) is 24.4 Å². The summed E-state index contributed by atoms with van der Waals surface area (Å²) >= 11 is 0. The quantitative estimate of drug-likeness (QED) is 0.201. The molecule has 1 heterocycles. The summed E-state index contributed by atoms with van der Waals surface area (Å²) < 4.78 is 13.2. The van der Waals surface area contributed by atoms with Gasteiger partial charge in [-0.15, -0.1) is 0 Å². The second-order valence-corrected chi connectivity index (χ2v) is 10.5. The van der Waals surface area contributed by atoms with E-state index in [0.717, 1.165) is 18.4 Å². The number of nitrogens with two attached hydrogens (primary N) is 1. The van der Waals surface area contributed by atoms with E-state index in [1.54, 1.807) is 23.1 Å². The van der Waals surface area contributed by atoms with Crippen LogP contribution in [0.25, 0.3) is 0 Å². The lowest BCUT2D eigenvalue weighted by Gasteiger charge is -2.30. The number of aliphatic hydroxyl groups excluding tert-OH is 1. The molecular formula is C32H42FN5O3. The SMILES string of the molecule is CCCN(CCC)C(=O)c1cc(C(=O)N[C@@H](Cc2ccccc2)[C@@H](N)C[C@@H](C)C(O)Nc2ccc(F)cc2)ccn1. The Morgan fingerprint density at radius 2 is 1.68 bits per heavy atom. The number of hydrogen-bond donors (Lipinski definition) is 4. The molecule has 220 valence electrons. The number of rotatable bonds is 15. The van der Waals surface area contributed by atoms with Crippen LogP contribution in [-0.4, -0.2) is 58.2 Å². The van der Waals surface area contributed by atoms with Crippen molar-refractivity contribution in [1.82, 2.24) is 15.2 Å². The third-order valence-electron chi connectivity index (χ3n) is 6.99. The van der Waals surface area contributed by atoms with Crippen molar-refractivity contribution in [2.45, 2.75) is 64.8 Å². The van der Waals surface area contributed by atoms with E-state index >= 15 is 0 Å². The van der Waals surface area contributed by atoms with Gasteiger partial charge in [0.05, 0.1) is 0 Å². The van der Waals surface area contributed by atoms with Gasteiger partial charge in [0.25, 0.3) is 11.8 Å². The second kappa shape index (κ2) is 15.8. The number of aliphatic hydroxyl groups is 1. The molecule has 1 aromatic heterocycles. The Balaban J connectivity index is 1.74. The standard InChI is InChI=1S/C32H42FN5O3/c1-4-17-38(18-5-2)32(41)29-21-24(15-16-35-29)31(40)37-28(20-23-9-7-6-8-10-23)27(34)19-22(3)30(39)36-26-13-11-25(33)12-14-26/h6-16,21-22,27-28,30,36,39H,4-5,17-20,34H2,1-3H3,(H,37,40)/t22-,27+,28+,30?/m1/s1.